The van der Waals surface area contributed by atoms with E-state index in [0.29, 0.717) is 6.54 Å². The lowest BCUT2D eigenvalue weighted by atomic mass is 9.68. The monoisotopic (exact) mass is 297 g/mol. The van der Waals surface area contributed by atoms with Crippen LogP contribution in [0.15, 0.2) is 0 Å². The molecule has 0 aromatic rings. The van der Waals surface area contributed by atoms with Gasteiger partial charge in [0, 0.05) is 11.9 Å². The maximum absolute atomic E-state index is 11.8. The molecule has 1 saturated heterocycles. The van der Waals surface area contributed by atoms with Crippen molar-refractivity contribution in [1.82, 2.24) is 5.32 Å². The highest BCUT2D eigenvalue weighted by molar-refractivity contribution is 6.51. The molecule has 120 valence electrons. The fraction of sp³-hybridized carbons (Fsp3) is 0.933. The summed E-state index contributed by atoms with van der Waals surface area (Å²) in [6.45, 7) is 14.3. The Labute approximate surface area is 128 Å². The highest BCUT2D eigenvalue weighted by Gasteiger charge is 2.64. The average molecular weight is 297 g/mol. The van der Waals surface area contributed by atoms with Gasteiger partial charge in [0.15, 0.2) is 0 Å². The normalized spacial score (nSPS) is 25.6. The third-order valence-corrected chi connectivity index (χ3v) is 4.63. The van der Waals surface area contributed by atoms with Gasteiger partial charge in [0.25, 0.3) is 0 Å². The second-order valence-electron chi connectivity index (χ2n) is 8.31. The molecule has 0 spiro atoms. The quantitative estimate of drug-likeness (QED) is 0.813. The molecule has 1 N–H and O–H groups in total. The van der Waals surface area contributed by atoms with E-state index in [-0.39, 0.29) is 29.7 Å². The first-order valence-corrected chi connectivity index (χ1v) is 7.69. The van der Waals surface area contributed by atoms with Crippen LogP contribution >= 0.6 is 0 Å². The van der Waals surface area contributed by atoms with Gasteiger partial charge in [-0.15, -0.1) is 0 Å². The Balaban J connectivity index is 1.91. The van der Waals surface area contributed by atoms with Gasteiger partial charge >= 0.3 is 13.2 Å². The number of carbonyl (C=O) groups excluding carboxylic acids is 1. The number of amides is 1. The van der Waals surface area contributed by atoms with Gasteiger partial charge in [-0.25, -0.2) is 4.79 Å². The lowest BCUT2D eigenvalue weighted by Crippen LogP contribution is -2.41. The third-order valence-electron chi connectivity index (χ3n) is 4.63. The number of ether oxygens (including phenoxy) is 1. The van der Waals surface area contributed by atoms with E-state index < -0.39 is 5.60 Å². The highest BCUT2D eigenvalue weighted by atomic mass is 16.7. The van der Waals surface area contributed by atoms with Crippen molar-refractivity contribution in [2.24, 2.45) is 0 Å². The van der Waals surface area contributed by atoms with E-state index in [1.165, 1.54) is 0 Å². The Hall–Kier alpha value is -0.745. The fourth-order valence-corrected chi connectivity index (χ4v) is 2.31. The standard InChI is InChI=1S/C15H28BNO4/c1-12(2,3)19-11(18)17-10-15(8-9-15)16-20-13(4,5)14(6,7)21-16/h8-10H2,1-7H3,(H,17,18). The molecule has 0 aromatic carbocycles. The molecule has 0 aromatic heterocycles. The lowest BCUT2D eigenvalue weighted by Gasteiger charge is -2.32. The van der Waals surface area contributed by atoms with E-state index in [2.05, 4.69) is 5.32 Å². The predicted molar refractivity (Wildman–Crippen MR) is 82.2 cm³/mol. The van der Waals surface area contributed by atoms with E-state index in [1.54, 1.807) is 0 Å². The van der Waals surface area contributed by atoms with Crippen molar-refractivity contribution in [3.63, 3.8) is 0 Å². The summed E-state index contributed by atoms with van der Waals surface area (Å²) in [6, 6.07) is 0. The molecule has 1 aliphatic carbocycles. The molecule has 0 unspecified atom stereocenters. The number of rotatable bonds is 3. The Bertz CT molecular complexity index is 408. The smallest absolute Gasteiger partial charge is 0.444 e. The van der Waals surface area contributed by atoms with Crippen LogP contribution in [0.5, 0.6) is 0 Å². The summed E-state index contributed by atoms with van der Waals surface area (Å²) in [5, 5.41) is 2.74. The summed E-state index contributed by atoms with van der Waals surface area (Å²) >= 11 is 0. The minimum atomic E-state index is -0.481. The first-order valence-electron chi connectivity index (χ1n) is 7.69. The molecule has 0 radical (unpaired) electrons. The number of nitrogens with one attached hydrogen (secondary N) is 1. The number of carbonyl (C=O) groups is 1. The van der Waals surface area contributed by atoms with Gasteiger partial charge in [0.1, 0.15) is 5.60 Å². The minimum absolute atomic E-state index is 0.109. The summed E-state index contributed by atoms with van der Waals surface area (Å²) in [5.41, 5.74) is -1.15. The van der Waals surface area contributed by atoms with Crippen LogP contribution in [-0.2, 0) is 14.0 Å². The largest absolute Gasteiger partial charge is 0.466 e. The topological polar surface area (TPSA) is 56.8 Å². The van der Waals surface area contributed by atoms with Crippen LogP contribution in [0, 0.1) is 0 Å². The molecule has 5 nitrogen and oxygen atoms in total. The maximum atomic E-state index is 11.8. The average Bonchev–Trinajstić information content (AvgIpc) is 2.99. The molecular formula is C15H28BNO4. The van der Waals surface area contributed by atoms with Gasteiger partial charge in [-0.2, -0.15) is 0 Å². The molecule has 1 aliphatic heterocycles. The van der Waals surface area contributed by atoms with E-state index in [1.807, 2.05) is 48.5 Å². The van der Waals surface area contributed by atoms with Gasteiger partial charge in [0.2, 0.25) is 0 Å². The molecule has 1 heterocycles. The molecule has 0 bridgehead atoms. The van der Waals surface area contributed by atoms with E-state index >= 15 is 0 Å². The fourth-order valence-electron chi connectivity index (χ4n) is 2.31. The summed E-state index contributed by atoms with van der Waals surface area (Å²) in [5.74, 6) is 0. The summed E-state index contributed by atoms with van der Waals surface area (Å²) in [7, 11) is -0.266. The van der Waals surface area contributed by atoms with Crippen molar-refractivity contribution in [2.45, 2.75) is 83.4 Å². The molecule has 6 heteroatoms. The molecule has 1 saturated carbocycles. The van der Waals surface area contributed by atoms with Crippen molar-refractivity contribution >= 4 is 13.2 Å². The summed E-state index contributed by atoms with van der Waals surface area (Å²) < 4.78 is 17.5. The van der Waals surface area contributed by atoms with Crippen molar-refractivity contribution in [2.75, 3.05) is 6.54 Å². The van der Waals surface area contributed by atoms with Crippen LogP contribution in [0.4, 0.5) is 4.79 Å². The van der Waals surface area contributed by atoms with Crippen LogP contribution in [0.2, 0.25) is 5.31 Å². The predicted octanol–water partition coefficient (Wildman–Crippen LogP) is 3.14. The van der Waals surface area contributed by atoms with Gasteiger partial charge < -0.3 is 19.4 Å². The summed E-state index contributed by atoms with van der Waals surface area (Å²) in [6.07, 6.45) is 1.62. The van der Waals surface area contributed by atoms with Crippen LogP contribution < -0.4 is 5.32 Å². The zero-order valence-corrected chi connectivity index (χ0v) is 14.3. The van der Waals surface area contributed by atoms with Gasteiger partial charge in [-0.05, 0) is 61.3 Å². The second-order valence-corrected chi connectivity index (χ2v) is 8.31. The zero-order valence-electron chi connectivity index (χ0n) is 14.3. The van der Waals surface area contributed by atoms with Crippen molar-refractivity contribution in [3.8, 4) is 0 Å². The SMILES string of the molecule is CC(C)(C)OC(=O)NCC1(B2OC(C)(C)C(C)(C)O2)CC1. The third kappa shape index (κ3) is 3.54. The Morgan fingerprint density at radius 3 is 2.00 bits per heavy atom. The minimum Gasteiger partial charge on any atom is -0.444 e. The Morgan fingerprint density at radius 2 is 1.62 bits per heavy atom. The second kappa shape index (κ2) is 4.88. The zero-order chi connectivity index (χ0) is 16.1. The molecule has 0 atom stereocenters. The van der Waals surface area contributed by atoms with Crippen LogP contribution in [0.25, 0.3) is 0 Å². The van der Waals surface area contributed by atoms with Crippen LogP contribution in [0.3, 0.4) is 0 Å². The number of alkyl carbamates (subject to hydrolysis) is 1. The van der Waals surface area contributed by atoms with Gasteiger partial charge in [-0.3, -0.25) is 0 Å². The molecule has 2 fully saturated rings. The highest BCUT2D eigenvalue weighted by Crippen LogP contribution is 2.59. The maximum Gasteiger partial charge on any atom is 0.466 e. The van der Waals surface area contributed by atoms with Crippen molar-refractivity contribution in [3.05, 3.63) is 0 Å². The Kier molecular flexibility index (Phi) is 3.86. The van der Waals surface area contributed by atoms with E-state index in [4.69, 9.17) is 14.0 Å². The van der Waals surface area contributed by atoms with Crippen LogP contribution in [0.1, 0.15) is 61.3 Å². The van der Waals surface area contributed by atoms with E-state index in [9.17, 15) is 4.79 Å². The van der Waals surface area contributed by atoms with Crippen molar-refractivity contribution in [1.29, 1.82) is 0 Å². The van der Waals surface area contributed by atoms with Crippen molar-refractivity contribution < 1.29 is 18.8 Å². The molecular weight excluding hydrogens is 269 g/mol. The van der Waals surface area contributed by atoms with Gasteiger partial charge in [-0.1, -0.05) is 0 Å². The molecule has 2 aliphatic rings. The molecule has 1 amide bonds. The number of hydrogen-bond donors (Lipinski definition) is 1. The number of hydrogen-bond acceptors (Lipinski definition) is 4. The first kappa shape index (κ1) is 16.6. The summed E-state index contributed by atoms with van der Waals surface area (Å²) in [4.78, 5) is 11.8. The molecule has 21 heavy (non-hydrogen) atoms. The Morgan fingerprint density at radius 1 is 1.14 bits per heavy atom. The van der Waals surface area contributed by atoms with Gasteiger partial charge in [0.05, 0.1) is 11.2 Å². The van der Waals surface area contributed by atoms with Crippen LogP contribution in [-0.4, -0.2) is 36.6 Å². The molecule has 2 rings (SSSR count). The lowest BCUT2D eigenvalue weighted by molar-refractivity contribution is 0.00578. The first-order chi connectivity index (χ1) is 9.37. The van der Waals surface area contributed by atoms with E-state index in [0.717, 1.165) is 12.8 Å².